The molecular formula is C15H23N5O2. The molecule has 2 unspecified atom stereocenters. The average Bonchev–Trinajstić information content (AvgIpc) is 2.87. The van der Waals surface area contributed by atoms with Gasteiger partial charge in [0, 0.05) is 12.6 Å². The van der Waals surface area contributed by atoms with Crippen LogP contribution < -0.4 is 10.6 Å². The highest BCUT2D eigenvalue weighted by Crippen LogP contribution is 2.46. The normalized spacial score (nSPS) is 26.8. The van der Waals surface area contributed by atoms with Crippen molar-refractivity contribution in [2.24, 2.45) is 15.8 Å². The van der Waals surface area contributed by atoms with Gasteiger partial charge in [0.15, 0.2) is 0 Å². The van der Waals surface area contributed by atoms with Crippen LogP contribution in [-0.4, -0.2) is 34.9 Å². The molecule has 2 amide bonds. The maximum absolute atomic E-state index is 11.9. The lowest BCUT2D eigenvalue weighted by Crippen LogP contribution is -2.45. The number of H-pyrrole nitrogens is 1. The Kier molecular flexibility index (Phi) is 4.66. The number of aromatic nitrogens is 2. The Morgan fingerprint density at radius 2 is 2.27 bits per heavy atom. The molecule has 7 heteroatoms. The van der Waals surface area contributed by atoms with Gasteiger partial charge in [0.2, 0.25) is 6.08 Å². The molecule has 1 aliphatic carbocycles. The molecule has 22 heavy (non-hydrogen) atoms. The maximum atomic E-state index is 11.9. The van der Waals surface area contributed by atoms with Crippen LogP contribution in [0.1, 0.15) is 40.0 Å². The van der Waals surface area contributed by atoms with Crippen molar-refractivity contribution in [3.63, 3.8) is 0 Å². The van der Waals surface area contributed by atoms with Crippen LogP contribution in [0.15, 0.2) is 17.3 Å². The van der Waals surface area contributed by atoms with E-state index in [-0.39, 0.29) is 22.9 Å². The van der Waals surface area contributed by atoms with Crippen molar-refractivity contribution in [2.45, 2.75) is 46.1 Å². The van der Waals surface area contributed by atoms with Crippen LogP contribution in [0.3, 0.4) is 0 Å². The highest BCUT2D eigenvalue weighted by atomic mass is 16.2. The van der Waals surface area contributed by atoms with E-state index in [9.17, 15) is 9.59 Å². The molecule has 0 spiro atoms. The standard InChI is InChI=1S/C15H23N5O2/c1-14(2)6-11(17-10-21)7-15(3,8-14)9-16-13(22)19-12-4-5-18-20-12/h4-5,11H,6-9H2,1-3H3,(H3,16,18,19,20,22). The first kappa shape index (κ1) is 16.2. The van der Waals surface area contributed by atoms with E-state index in [1.165, 1.54) is 0 Å². The number of amides is 2. The Balaban J connectivity index is 1.94. The molecule has 1 saturated carbocycles. The van der Waals surface area contributed by atoms with Crippen molar-refractivity contribution < 1.29 is 9.59 Å². The van der Waals surface area contributed by atoms with E-state index >= 15 is 0 Å². The van der Waals surface area contributed by atoms with E-state index in [4.69, 9.17) is 0 Å². The first-order valence-electron chi connectivity index (χ1n) is 7.43. The topological polar surface area (TPSA) is 99.2 Å². The average molecular weight is 305 g/mol. The minimum atomic E-state index is -0.274. The lowest BCUT2D eigenvalue weighted by Gasteiger charge is -2.45. The van der Waals surface area contributed by atoms with Crippen LogP contribution >= 0.6 is 0 Å². The minimum absolute atomic E-state index is 0.0243. The number of nitrogens with one attached hydrogen (secondary N) is 3. The predicted molar refractivity (Wildman–Crippen MR) is 83.3 cm³/mol. The third-order valence-electron chi connectivity index (χ3n) is 4.08. The number of carbonyl (C=O) groups is 1. The van der Waals surface area contributed by atoms with Gasteiger partial charge in [-0.2, -0.15) is 5.10 Å². The molecule has 1 heterocycles. The smallest absolute Gasteiger partial charge is 0.320 e. The van der Waals surface area contributed by atoms with Crippen molar-refractivity contribution in [3.05, 3.63) is 12.3 Å². The first-order chi connectivity index (χ1) is 10.3. The zero-order chi connectivity index (χ0) is 16.2. The molecule has 3 N–H and O–H groups in total. The lowest BCUT2D eigenvalue weighted by atomic mass is 9.63. The van der Waals surface area contributed by atoms with Crippen LogP contribution in [0.4, 0.5) is 10.6 Å². The van der Waals surface area contributed by atoms with Gasteiger partial charge in [-0.25, -0.2) is 14.6 Å². The van der Waals surface area contributed by atoms with E-state index in [2.05, 4.69) is 46.6 Å². The summed E-state index contributed by atoms with van der Waals surface area (Å²) in [4.78, 5) is 26.4. The monoisotopic (exact) mass is 305 g/mol. The molecule has 0 saturated heterocycles. The number of nitrogens with zero attached hydrogens (tertiary/aromatic N) is 2. The molecule has 2 rings (SSSR count). The van der Waals surface area contributed by atoms with Crippen molar-refractivity contribution in [1.29, 1.82) is 0 Å². The molecular weight excluding hydrogens is 282 g/mol. The van der Waals surface area contributed by atoms with Gasteiger partial charge in [0.25, 0.3) is 0 Å². The first-order valence-corrected chi connectivity index (χ1v) is 7.43. The summed E-state index contributed by atoms with van der Waals surface area (Å²) in [5.41, 5.74) is -0.0162. The number of hydrogen-bond acceptors (Lipinski definition) is 4. The quantitative estimate of drug-likeness (QED) is 0.588. The number of hydrogen-bond donors (Lipinski definition) is 3. The van der Waals surface area contributed by atoms with Crippen molar-refractivity contribution in [2.75, 3.05) is 11.9 Å². The largest absolute Gasteiger partial charge is 0.337 e. The summed E-state index contributed by atoms with van der Waals surface area (Å²) < 4.78 is 0. The summed E-state index contributed by atoms with van der Waals surface area (Å²) in [6.07, 6.45) is 5.86. The number of aromatic amines is 1. The molecule has 1 aromatic heterocycles. The third kappa shape index (κ3) is 4.43. The molecule has 7 nitrogen and oxygen atoms in total. The summed E-state index contributed by atoms with van der Waals surface area (Å²) in [6, 6.07) is 1.38. The number of urea groups is 1. The molecule has 0 aromatic carbocycles. The van der Waals surface area contributed by atoms with E-state index in [0.717, 1.165) is 19.3 Å². The summed E-state index contributed by atoms with van der Waals surface area (Å²) >= 11 is 0. The van der Waals surface area contributed by atoms with Crippen LogP contribution in [0, 0.1) is 10.8 Å². The van der Waals surface area contributed by atoms with Gasteiger partial charge in [-0.1, -0.05) is 20.8 Å². The molecule has 0 radical (unpaired) electrons. The molecule has 1 aromatic rings. The second-order valence-corrected chi connectivity index (χ2v) is 7.21. The van der Waals surface area contributed by atoms with E-state index < -0.39 is 0 Å². The summed E-state index contributed by atoms with van der Waals surface area (Å²) in [7, 11) is 0. The Bertz CT molecular complexity index is 562. The van der Waals surface area contributed by atoms with Gasteiger partial charge in [-0.15, -0.1) is 0 Å². The second kappa shape index (κ2) is 6.32. The fourth-order valence-corrected chi connectivity index (χ4v) is 3.66. The zero-order valence-electron chi connectivity index (χ0n) is 13.3. The van der Waals surface area contributed by atoms with Gasteiger partial charge in [0.05, 0.1) is 12.2 Å². The van der Waals surface area contributed by atoms with Crippen LogP contribution in [0.5, 0.6) is 0 Å². The van der Waals surface area contributed by atoms with Crippen LogP contribution in [0.25, 0.3) is 0 Å². The van der Waals surface area contributed by atoms with Crippen molar-refractivity contribution >= 4 is 17.9 Å². The fourth-order valence-electron chi connectivity index (χ4n) is 3.66. The number of carbonyl (C=O) groups excluding carboxylic acids is 2. The molecule has 1 fully saturated rings. The van der Waals surface area contributed by atoms with Crippen molar-refractivity contribution in [3.8, 4) is 0 Å². The van der Waals surface area contributed by atoms with Gasteiger partial charge in [0.1, 0.15) is 5.82 Å². The van der Waals surface area contributed by atoms with Gasteiger partial charge >= 0.3 is 6.03 Å². The molecule has 120 valence electrons. The number of isocyanates is 1. The van der Waals surface area contributed by atoms with Gasteiger partial charge in [-0.3, -0.25) is 10.4 Å². The predicted octanol–water partition coefficient (Wildman–Crippen LogP) is 2.45. The SMILES string of the molecule is CC1(C)CC(N=C=O)CC(C)(CNC(=O)Nc2ccn[nH]2)C1. The minimum Gasteiger partial charge on any atom is -0.337 e. The Hall–Kier alpha value is -2.14. The fraction of sp³-hybridized carbons (Fsp3) is 0.667. The Labute approximate surface area is 130 Å². The summed E-state index contributed by atoms with van der Waals surface area (Å²) in [5, 5.41) is 12.0. The number of rotatable bonds is 4. The highest BCUT2D eigenvalue weighted by Gasteiger charge is 2.41. The van der Waals surface area contributed by atoms with E-state index in [1.54, 1.807) is 18.3 Å². The molecule has 1 aliphatic rings. The lowest BCUT2D eigenvalue weighted by molar-refractivity contribution is 0.0855. The van der Waals surface area contributed by atoms with Crippen LogP contribution in [0.2, 0.25) is 0 Å². The maximum Gasteiger partial charge on any atom is 0.320 e. The highest BCUT2D eigenvalue weighted by molar-refractivity contribution is 5.88. The molecule has 2 atom stereocenters. The van der Waals surface area contributed by atoms with E-state index in [1.807, 2.05) is 0 Å². The summed E-state index contributed by atoms with van der Waals surface area (Å²) in [5.74, 6) is 0.551. The molecule has 0 aliphatic heterocycles. The van der Waals surface area contributed by atoms with E-state index in [0.29, 0.717) is 12.4 Å². The zero-order valence-corrected chi connectivity index (χ0v) is 13.3. The molecule has 0 bridgehead atoms. The Morgan fingerprint density at radius 1 is 1.50 bits per heavy atom. The van der Waals surface area contributed by atoms with Crippen molar-refractivity contribution in [1.82, 2.24) is 15.5 Å². The third-order valence-corrected chi connectivity index (χ3v) is 4.08. The Morgan fingerprint density at radius 3 is 2.91 bits per heavy atom. The van der Waals surface area contributed by atoms with Gasteiger partial charge in [-0.05, 0) is 30.1 Å². The van der Waals surface area contributed by atoms with Gasteiger partial charge < -0.3 is 5.32 Å². The number of aliphatic imine (C=N–C) groups is 1. The van der Waals surface area contributed by atoms with Crippen LogP contribution in [-0.2, 0) is 4.79 Å². The number of anilines is 1. The second-order valence-electron chi connectivity index (χ2n) is 7.21. The summed E-state index contributed by atoms with van der Waals surface area (Å²) in [6.45, 7) is 6.99.